The third-order valence-electron chi connectivity index (χ3n) is 6.78. The number of sulfone groups is 1. The summed E-state index contributed by atoms with van der Waals surface area (Å²) in [6.45, 7) is 7.45. The summed E-state index contributed by atoms with van der Waals surface area (Å²) in [5, 5.41) is 0. The minimum absolute atomic E-state index is 0.0965. The molecule has 7 heteroatoms. The number of carbonyl (C=O) groups is 1. The van der Waals surface area contributed by atoms with Gasteiger partial charge in [-0.25, -0.2) is 13.2 Å². The smallest absolute Gasteiger partial charge is 0.328 e. The van der Waals surface area contributed by atoms with Gasteiger partial charge in [0.1, 0.15) is 10.6 Å². The molecule has 6 nitrogen and oxygen atoms in total. The summed E-state index contributed by atoms with van der Waals surface area (Å²) in [6, 6.07) is 20.7. The standard InChI is InChI=1S/C30H36N2O4S/c1-5-8-23-11-14-26(15-12-23)31-17-7-18-32(30(31)33)27-10-6-9-24(19-27)21-37(34,35)29-20-25(22(2)3)13-16-28(29)36-4/h6,9-16,19-20,22H,5,7-8,17-18,21H2,1-4H3. The lowest BCUT2D eigenvalue weighted by molar-refractivity contribution is 0.248. The third-order valence-corrected chi connectivity index (χ3v) is 8.48. The number of hydrogen-bond acceptors (Lipinski definition) is 4. The number of benzene rings is 3. The second-order valence-electron chi connectivity index (χ2n) is 9.85. The Morgan fingerprint density at radius 2 is 1.59 bits per heavy atom. The molecule has 4 rings (SSSR count). The van der Waals surface area contributed by atoms with Crippen molar-refractivity contribution in [3.63, 3.8) is 0 Å². The fourth-order valence-corrected chi connectivity index (χ4v) is 6.29. The lowest BCUT2D eigenvalue weighted by atomic mass is 10.0. The molecule has 0 aliphatic carbocycles. The molecule has 37 heavy (non-hydrogen) atoms. The molecule has 3 aromatic rings. The van der Waals surface area contributed by atoms with Crippen LogP contribution in [0.15, 0.2) is 71.6 Å². The number of rotatable bonds is 9. The number of ether oxygens (including phenoxy) is 1. The molecule has 3 aromatic carbocycles. The minimum atomic E-state index is -3.67. The zero-order chi connectivity index (χ0) is 26.6. The second kappa shape index (κ2) is 11.4. The third kappa shape index (κ3) is 5.99. The van der Waals surface area contributed by atoms with Crippen LogP contribution in [-0.2, 0) is 22.0 Å². The first-order chi connectivity index (χ1) is 17.7. The normalized spacial score (nSPS) is 14.4. The summed E-state index contributed by atoms with van der Waals surface area (Å²) < 4.78 is 32.3. The van der Waals surface area contributed by atoms with Crippen LogP contribution in [0.2, 0.25) is 0 Å². The van der Waals surface area contributed by atoms with Crippen LogP contribution in [0.25, 0.3) is 0 Å². The van der Waals surface area contributed by atoms with E-state index in [1.807, 2.05) is 50.2 Å². The van der Waals surface area contributed by atoms with Crippen molar-refractivity contribution in [3.05, 3.63) is 83.4 Å². The highest BCUT2D eigenvalue weighted by atomic mass is 32.2. The van der Waals surface area contributed by atoms with E-state index in [4.69, 9.17) is 4.74 Å². The molecular formula is C30H36N2O4S. The van der Waals surface area contributed by atoms with E-state index < -0.39 is 9.84 Å². The second-order valence-corrected chi connectivity index (χ2v) is 11.8. The van der Waals surface area contributed by atoms with Gasteiger partial charge in [-0.2, -0.15) is 0 Å². The first-order valence-corrected chi connectivity index (χ1v) is 14.6. The maximum atomic E-state index is 13.5. The van der Waals surface area contributed by atoms with Gasteiger partial charge in [0, 0.05) is 24.5 Å². The van der Waals surface area contributed by atoms with E-state index in [0.717, 1.165) is 30.5 Å². The molecule has 2 amide bonds. The Balaban J connectivity index is 1.57. The predicted molar refractivity (Wildman–Crippen MR) is 150 cm³/mol. The fraction of sp³-hybridized carbons (Fsp3) is 0.367. The van der Waals surface area contributed by atoms with Crippen LogP contribution in [0.3, 0.4) is 0 Å². The number of carbonyl (C=O) groups excluding carboxylic acids is 1. The Kier molecular flexibility index (Phi) is 8.22. The quantitative estimate of drug-likeness (QED) is 0.320. The molecule has 1 aliphatic rings. The van der Waals surface area contributed by atoms with Crippen LogP contribution in [0.5, 0.6) is 5.75 Å². The Labute approximate surface area is 220 Å². The van der Waals surface area contributed by atoms with E-state index in [2.05, 4.69) is 19.1 Å². The summed E-state index contributed by atoms with van der Waals surface area (Å²) in [7, 11) is -2.19. The maximum Gasteiger partial charge on any atom is 0.328 e. The Morgan fingerprint density at radius 3 is 2.24 bits per heavy atom. The van der Waals surface area contributed by atoms with Crippen molar-refractivity contribution in [2.45, 2.75) is 56.6 Å². The molecule has 1 saturated heterocycles. The zero-order valence-corrected chi connectivity index (χ0v) is 22.9. The fourth-order valence-electron chi connectivity index (χ4n) is 4.74. The topological polar surface area (TPSA) is 66.9 Å². The number of amides is 2. The first-order valence-electron chi connectivity index (χ1n) is 12.9. The van der Waals surface area contributed by atoms with E-state index >= 15 is 0 Å². The van der Waals surface area contributed by atoms with Crippen molar-refractivity contribution in [2.24, 2.45) is 0 Å². The summed E-state index contributed by atoms with van der Waals surface area (Å²) in [6.07, 6.45) is 2.92. The molecule has 0 aromatic heterocycles. The number of methoxy groups -OCH3 is 1. The lowest BCUT2D eigenvalue weighted by Gasteiger charge is -2.36. The molecule has 0 unspecified atom stereocenters. The van der Waals surface area contributed by atoms with Crippen molar-refractivity contribution >= 4 is 27.2 Å². The highest BCUT2D eigenvalue weighted by molar-refractivity contribution is 7.90. The SMILES string of the molecule is CCCc1ccc(N2CCCN(c3cccc(CS(=O)(=O)c4cc(C(C)C)ccc4OC)c3)C2=O)cc1. The van der Waals surface area contributed by atoms with Crippen molar-refractivity contribution in [1.82, 2.24) is 0 Å². The average Bonchev–Trinajstić information content (AvgIpc) is 2.89. The van der Waals surface area contributed by atoms with Gasteiger partial charge in [-0.15, -0.1) is 0 Å². The summed E-state index contributed by atoms with van der Waals surface area (Å²) in [5.74, 6) is 0.357. The van der Waals surface area contributed by atoms with E-state index in [-0.39, 0.29) is 22.6 Å². The first kappa shape index (κ1) is 26.7. The van der Waals surface area contributed by atoms with Gasteiger partial charge in [0.05, 0.1) is 12.9 Å². The minimum Gasteiger partial charge on any atom is -0.495 e. The summed E-state index contributed by atoms with van der Waals surface area (Å²) in [5.41, 5.74) is 4.41. The van der Waals surface area contributed by atoms with E-state index in [1.165, 1.54) is 12.7 Å². The number of hydrogen-bond donors (Lipinski definition) is 0. The van der Waals surface area contributed by atoms with E-state index in [9.17, 15) is 13.2 Å². The molecular weight excluding hydrogens is 484 g/mol. The molecule has 1 heterocycles. The molecule has 0 radical (unpaired) electrons. The number of aryl methyl sites for hydroxylation is 1. The van der Waals surface area contributed by atoms with Gasteiger partial charge in [0.25, 0.3) is 0 Å². The Morgan fingerprint density at radius 1 is 0.892 bits per heavy atom. The van der Waals surface area contributed by atoms with Crippen LogP contribution in [0, 0.1) is 0 Å². The van der Waals surface area contributed by atoms with Gasteiger partial charge >= 0.3 is 6.03 Å². The van der Waals surface area contributed by atoms with Crippen molar-refractivity contribution < 1.29 is 17.9 Å². The van der Waals surface area contributed by atoms with Gasteiger partial charge in [-0.1, -0.05) is 57.5 Å². The monoisotopic (exact) mass is 520 g/mol. The summed E-state index contributed by atoms with van der Waals surface area (Å²) >= 11 is 0. The average molecular weight is 521 g/mol. The summed E-state index contributed by atoms with van der Waals surface area (Å²) in [4.78, 5) is 17.2. The number of anilines is 2. The van der Waals surface area contributed by atoms with Crippen LogP contribution < -0.4 is 14.5 Å². The highest BCUT2D eigenvalue weighted by Crippen LogP contribution is 2.32. The molecule has 1 fully saturated rings. The van der Waals surface area contributed by atoms with Gasteiger partial charge < -0.3 is 4.74 Å². The van der Waals surface area contributed by atoms with Crippen molar-refractivity contribution in [2.75, 3.05) is 30.0 Å². The molecule has 0 atom stereocenters. The molecule has 196 valence electrons. The Hall–Kier alpha value is -3.32. The van der Waals surface area contributed by atoms with E-state index in [1.54, 1.807) is 28.0 Å². The molecule has 1 aliphatic heterocycles. The van der Waals surface area contributed by atoms with Gasteiger partial charge in [0.15, 0.2) is 9.84 Å². The molecule has 0 saturated carbocycles. The number of nitrogens with zero attached hydrogens (tertiary/aromatic N) is 2. The predicted octanol–water partition coefficient (Wildman–Crippen LogP) is 6.58. The van der Waals surface area contributed by atoms with Crippen LogP contribution >= 0.6 is 0 Å². The van der Waals surface area contributed by atoms with Gasteiger partial charge in [-0.3, -0.25) is 9.80 Å². The van der Waals surface area contributed by atoms with Crippen LogP contribution in [0.1, 0.15) is 56.2 Å². The number of urea groups is 1. The molecule has 0 spiro atoms. The highest BCUT2D eigenvalue weighted by Gasteiger charge is 2.28. The Bertz CT molecular complexity index is 1350. The van der Waals surface area contributed by atoms with Gasteiger partial charge in [0.2, 0.25) is 0 Å². The molecule has 0 bridgehead atoms. The molecule has 0 N–H and O–H groups in total. The van der Waals surface area contributed by atoms with Crippen LogP contribution in [0.4, 0.5) is 16.2 Å². The van der Waals surface area contributed by atoms with Crippen LogP contribution in [-0.4, -0.2) is 34.6 Å². The zero-order valence-electron chi connectivity index (χ0n) is 22.1. The lowest BCUT2D eigenvalue weighted by Crippen LogP contribution is -2.49. The maximum absolute atomic E-state index is 13.5. The van der Waals surface area contributed by atoms with Crippen molar-refractivity contribution in [1.29, 1.82) is 0 Å². The largest absolute Gasteiger partial charge is 0.495 e. The van der Waals surface area contributed by atoms with Crippen molar-refractivity contribution in [3.8, 4) is 5.75 Å². The van der Waals surface area contributed by atoms with Gasteiger partial charge in [-0.05, 0) is 71.8 Å². The van der Waals surface area contributed by atoms with E-state index in [0.29, 0.717) is 30.1 Å².